The summed E-state index contributed by atoms with van der Waals surface area (Å²) in [7, 11) is 0. The Bertz CT molecular complexity index is 3170. The number of hydrogen-bond donors (Lipinski definition) is 0. The molecule has 0 saturated carbocycles. The number of fused-ring (bicyclic) bond motifs is 16. The average molecular weight is 743 g/mol. The second-order valence-corrected chi connectivity index (χ2v) is 16.7. The minimum atomic E-state index is -0.476. The number of anilines is 5. The van der Waals surface area contributed by atoms with Crippen LogP contribution in [-0.4, -0.2) is 6.85 Å². The number of unbranched alkanes of at least 4 members (excludes halogenated alkanes) is 1. The van der Waals surface area contributed by atoms with E-state index in [4.69, 9.17) is 4.42 Å². The molecule has 0 fully saturated rings. The molecule has 4 heterocycles. The van der Waals surface area contributed by atoms with E-state index in [2.05, 4.69) is 187 Å². The van der Waals surface area contributed by atoms with E-state index in [-0.39, 0.29) is 6.85 Å². The van der Waals surface area contributed by atoms with Gasteiger partial charge in [-0.05, 0) is 123 Å². The third kappa shape index (κ3) is 4.00. The van der Waals surface area contributed by atoms with Crippen molar-refractivity contribution < 1.29 is 4.42 Å². The second kappa shape index (κ2) is 11.6. The van der Waals surface area contributed by atoms with Crippen molar-refractivity contribution in [3.8, 4) is 22.3 Å². The predicted octanol–water partition coefficient (Wildman–Crippen LogP) is 12.6. The molecule has 0 bridgehead atoms. The van der Waals surface area contributed by atoms with E-state index in [9.17, 15) is 0 Å². The maximum absolute atomic E-state index is 6.61. The monoisotopic (exact) mass is 742 g/mol. The molecule has 58 heavy (non-hydrogen) atoms. The molecule has 3 nitrogen and oxygen atoms in total. The number of furan rings is 1. The van der Waals surface area contributed by atoms with E-state index in [0.717, 1.165) is 28.4 Å². The van der Waals surface area contributed by atoms with Crippen LogP contribution in [0.1, 0.15) is 53.1 Å². The minimum Gasteiger partial charge on any atom is -0.456 e. The Morgan fingerprint density at radius 2 is 1.26 bits per heavy atom. The van der Waals surface area contributed by atoms with Crippen LogP contribution in [0.5, 0.6) is 0 Å². The molecular formula is C54H39BN2O. The number of para-hydroxylation sites is 3. The fraction of sp³-hybridized carbons (Fsp3) is 0.111. The lowest BCUT2D eigenvalue weighted by Gasteiger charge is -2.51. The fourth-order valence-electron chi connectivity index (χ4n) is 11.4. The van der Waals surface area contributed by atoms with Gasteiger partial charge in [-0.3, -0.25) is 0 Å². The second-order valence-electron chi connectivity index (χ2n) is 16.7. The number of benzene rings is 8. The first-order chi connectivity index (χ1) is 28.6. The first-order valence-corrected chi connectivity index (χ1v) is 20.9. The van der Waals surface area contributed by atoms with Crippen molar-refractivity contribution in [3.05, 3.63) is 197 Å². The van der Waals surface area contributed by atoms with Crippen LogP contribution in [0.15, 0.2) is 168 Å². The van der Waals surface area contributed by atoms with Crippen LogP contribution < -0.4 is 20.6 Å². The molecule has 1 aromatic heterocycles. The van der Waals surface area contributed by atoms with Crippen LogP contribution in [0.2, 0.25) is 0 Å². The largest absolute Gasteiger partial charge is 0.456 e. The lowest BCUT2D eigenvalue weighted by molar-refractivity contribution is 0.669. The summed E-state index contributed by atoms with van der Waals surface area (Å²) in [4.78, 5) is 5.27. The van der Waals surface area contributed by atoms with E-state index in [1.165, 1.54) is 108 Å². The van der Waals surface area contributed by atoms with Gasteiger partial charge >= 0.3 is 6.85 Å². The van der Waals surface area contributed by atoms with Crippen LogP contribution in [0.3, 0.4) is 0 Å². The standard InChI is InChI=1S/C54H39BN2O/c1-3-4-14-34-25-27-35(28-26-34)57-48-31-40-38-17-7-12-24-50(38)58-51(40)32-39(48)41-29-33(2)30-49-52(41)55(57)46-22-13-21-45-53(46)56(49)47-23-11-10-20-44(47)54(45)42-18-8-5-15-36(42)37-16-6-9-19-43(37)54/h5-13,15-32H,3-4,14H2,1-2H3. The summed E-state index contributed by atoms with van der Waals surface area (Å²) in [5.41, 5.74) is 23.4. The van der Waals surface area contributed by atoms with Gasteiger partial charge in [0.15, 0.2) is 0 Å². The van der Waals surface area contributed by atoms with Crippen molar-refractivity contribution in [2.24, 2.45) is 0 Å². The summed E-state index contributed by atoms with van der Waals surface area (Å²) in [6, 6.07) is 62.1. The highest BCUT2D eigenvalue weighted by molar-refractivity contribution is 6.93. The molecule has 274 valence electrons. The summed E-state index contributed by atoms with van der Waals surface area (Å²) in [5.74, 6) is 0. The molecule has 0 radical (unpaired) electrons. The summed E-state index contributed by atoms with van der Waals surface area (Å²) in [6.45, 7) is 4.46. The Balaban J connectivity index is 1.16. The van der Waals surface area contributed by atoms with Gasteiger partial charge in [0.1, 0.15) is 11.2 Å². The number of rotatable bonds is 4. The van der Waals surface area contributed by atoms with Crippen molar-refractivity contribution in [2.45, 2.75) is 38.5 Å². The summed E-state index contributed by atoms with van der Waals surface area (Å²) < 4.78 is 6.61. The Morgan fingerprint density at radius 1 is 0.552 bits per heavy atom. The third-order valence-corrected chi connectivity index (χ3v) is 13.6. The molecule has 0 atom stereocenters. The Morgan fingerprint density at radius 3 is 2.05 bits per heavy atom. The first kappa shape index (κ1) is 32.3. The maximum atomic E-state index is 6.61. The highest BCUT2D eigenvalue weighted by Gasteiger charge is 2.55. The molecule has 9 aromatic rings. The summed E-state index contributed by atoms with van der Waals surface area (Å²) in [5, 5.41) is 2.30. The van der Waals surface area contributed by atoms with Gasteiger partial charge < -0.3 is 14.1 Å². The van der Waals surface area contributed by atoms with Crippen LogP contribution in [-0.2, 0) is 11.8 Å². The molecule has 0 amide bonds. The quantitative estimate of drug-likeness (QED) is 0.167. The van der Waals surface area contributed by atoms with Gasteiger partial charge in [-0.2, -0.15) is 0 Å². The Hall–Kier alpha value is -6.78. The van der Waals surface area contributed by atoms with Gasteiger partial charge in [-0.15, -0.1) is 0 Å². The lowest BCUT2D eigenvalue weighted by atomic mass is 9.42. The van der Waals surface area contributed by atoms with E-state index in [0.29, 0.717) is 0 Å². The van der Waals surface area contributed by atoms with E-state index in [1.807, 2.05) is 0 Å². The van der Waals surface area contributed by atoms with Gasteiger partial charge in [-0.25, -0.2) is 0 Å². The molecule has 3 aliphatic heterocycles. The summed E-state index contributed by atoms with van der Waals surface area (Å²) >= 11 is 0. The minimum absolute atomic E-state index is 0.0735. The molecule has 4 aliphatic rings. The van der Waals surface area contributed by atoms with Crippen LogP contribution in [0, 0.1) is 6.92 Å². The zero-order valence-electron chi connectivity index (χ0n) is 32.6. The molecule has 1 aliphatic carbocycles. The normalized spacial score (nSPS) is 14.6. The van der Waals surface area contributed by atoms with Crippen LogP contribution in [0.4, 0.5) is 28.4 Å². The van der Waals surface area contributed by atoms with Gasteiger partial charge in [0.25, 0.3) is 0 Å². The molecule has 1 spiro atoms. The van der Waals surface area contributed by atoms with Crippen molar-refractivity contribution in [3.63, 3.8) is 0 Å². The van der Waals surface area contributed by atoms with Crippen molar-refractivity contribution >= 4 is 68.1 Å². The van der Waals surface area contributed by atoms with Gasteiger partial charge in [0, 0.05) is 39.1 Å². The summed E-state index contributed by atoms with van der Waals surface area (Å²) in [6.07, 6.45) is 3.47. The van der Waals surface area contributed by atoms with Gasteiger partial charge in [0.05, 0.1) is 11.1 Å². The van der Waals surface area contributed by atoms with E-state index in [1.54, 1.807) is 0 Å². The van der Waals surface area contributed by atoms with E-state index >= 15 is 0 Å². The molecule has 0 unspecified atom stereocenters. The average Bonchev–Trinajstić information content (AvgIpc) is 3.78. The molecule has 0 N–H and O–H groups in total. The molecule has 13 rings (SSSR count). The number of aryl methyl sites for hydroxylation is 2. The first-order valence-electron chi connectivity index (χ1n) is 20.9. The lowest BCUT2D eigenvalue weighted by Crippen LogP contribution is -2.62. The topological polar surface area (TPSA) is 19.6 Å². The molecule has 0 saturated heterocycles. The van der Waals surface area contributed by atoms with Gasteiger partial charge in [-0.1, -0.05) is 135 Å². The van der Waals surface area contributed by atoms with Crippen molar-refractivity contribution in [1.82, 2.24) is 0 Å². The molecule has 8 aromatic carbocycles. The Labute approximate surface area is 338 Å². The number of hydrogen-bond acceptors (Lipinski definition) is 3. The maximum Gasteiger partial charge on any atom is 0.333 e. The Kier molecular flexibility index (Phi) is 6.49. The zero-order chi connectivity index (χ0) is 38.3. The van der Waals surface area contributed by atoms with Crippen molar-refractivity contribution in [2.75, 3.05) is 9.71 Å². The highest BCUT2D eigenvalue weighted by atomic mass is 16.3. The molecular weight excluding hydrogens is 703 g/mol. The fourth-order valence-corrected chi connectivity index (χ4v) is 11.4. The van der Waals surface area contributed by atoms with E-state index < -0.39 is 5.41 Å². The third-order valence-electron chi connectivity index (χ3n) is 13.6. The number of nitrogens with zero attached hydrogens (tertiary/aromatic N) is 2. The van der Waals surface area contributed by atoms with Crippen LogP contribution >= 0.6 is 0 Å². The van der Waals surface area contributed by atoms with Crippen LogP contribution in [0.25, 0.3) is 44.2 Å². The van der Waals surface area contributed by atoms with Gasteiger partial charge in [0.2, 0.25) is 0 Å². The predicted molar refractivity (Wildman–Crippen MR) is 242 cm³/mol. The molecule has 4 heteroatoms. The van der Waals surface area contributed by atoms with Crippen molar-refractivity contribution in [1.29, 1.82) is 0 Å². The SMILES string of the molecule is CCCCc1ccc(N2B3c4cccc5c4N(c4ccccc4C54c5ccccc5-c5ccccc54)c4cc(C)cc(c43)-c3cc4oc5ccccc5c4cc32)cc1. The zero-order valence-corrected chi connectivity index (χ0v) is 32.6. The highest BCUT2D eigenvalue weighted by Crippen LogP contribution is 2.64. The smallest absolute Gasteiger partial charge is 0.333 e.